The van der Waals surface area contributed by atoms with E-state index in [1.54, 1.807) is 13.0 Å². The molecule has 22 heavy (non-hydrogen) atoms. The van der Waals surface area contributed by atoms with Gasteiger partial charge in [-0.1, -0.05) is 25.1 Å². The van der Waals surface area contributed by atoms with Crippen LogP contribution in [0.3, 0.4) is 0 Å². The summed E-state index contributed by atoms with van der Waals surface area (Å²) >= 11 is 0. The molecule has 7 heteroatoms. The predicted octanol–water partition coefficient (Wildman–Crippen LogP) is 2.38. The summed E-state index contributed by atoms with van der Waals surface area (Å²) in [6.45, 7) is 1.90. The van der Waals surface area contributed by atoms with Crippen molar-refractivity contribution in [1.29, 1.82) is 0 Å². The molecule has 0 bridgehead atoms. The summed E-state index contributed by atoms with van der Waals surface area (Å²) in [6, 6.07) is 11.3. The number of carbonyl (C=O) groups excluding carboxylic acids is 1. The lowest BCUT2D eigenvalue weighted by Crippen LogP contribution is -2.23. The lowest BCUT2D eigenvalue weighted by atomic mass is 10.2. The van der Waals surface area contributed by atoms with Crippen LogP contribution in [0.15, 0.2) is 53.4 Å². The largest absolute Gasteiger partial charge is 0.319 e. The van der Waals surface area contributed by atoms with Crippen LogP contribution in [0.4, 0.5) is 10.1 Å². The molecule has 0 aliphatic carbocycles. The van der Waals surface area contributed by atoms with Crippen LogP contribution in [-0.2, 0) is 10.0 Å². The van der Waals surface area contributed by atoms with Gasteiger partial charge in [0.25, 0.3) is 5.91 Å². The fraction of sp³-hybridized carbons (Fsp3) is 0.133. The van der Waals surface area contributed by atoms with Gasteiger partial charge in [-0.25, -0.2) is 17.5 Å². The highest BCUT2D eigenvalue weighted by molar-refractivity contribution is 7.89. The molecule has 1 amide bonds. The number of sulfonamides is 1. The van der Waals surface area contributed by atoms with Gasteiger partial charge in [-0.2, -0.15) is 0 Å². The average Bonchev–Trinajstić information content (AvgIpc) is 2.49. The van der Waals surface area contributed by atoms with Crippen molar-refractivity contribution in [2.75, 3.05) is 11.9 Å². The van der Waals surface area contributed by atoms with Crippen molar-refractivity contribution < 1.29 is 17.6 Å². The van der Waals surface area contributed by atoms with Crippen LogP contribution < -0.4 is 10.0 Å². The Hall–Kier alpha value is -2.25. The average molecular weight is 322 g/mol. The van der Waals surface area contributed by atoms with E-state index in [9.17, 15) is 17.6 Å². The molecule has 116 valence electrons. The first-order valence-corrected chi connectivity index (χ1v) is 8.08. The summed E-state index contributed by atoms with van der Waals surface area (Å²) < 4.78 is 39.7. The van der Waals surface area contributed by atoms with Crippen LogP contribution in [0.25, 0.3) is 0 Å². The molecule has 0 saturated carbocycles. The fourth-order valence-electron chi connectivity index (χ4n) is 1.83. The molecule has 0 aromatic heterocycles. The second-order valence-electron chi connectivity index (χ2n) is 4.46. The molecule has 0 aliphatic heterocycles. The molecular formula is C15H15FN2O3S. The molecule has 0 saturated heterocycles. The highest BCUT2D eigenvalue weighted by Crippen LogP contribution is 2.16. The monoisotopic (exact) mass is 322 g/mol. The van der Waals surface area contributed by atoms with Gasteiger partial charge in [-0.15, -0.1) is 0 Å². The molecule has 0 unspecified atom stereocenters. The molecule has 2 aromatic carbocycles. The highest BCUT2D eigenvalue weighted by Gasteiger charge is 2.15. The lowest BCUT2D eigenvalue weighted by Gasteiger charge is -2.08. The topological polar surface area (TPSA) is 75.3 Å². The number of benzene rings is 2. The zero-order valence-corrected chi connectivity index (χ0v) is 12.7. The van der Waals surface area contributed by atoms with Crippen molar-refractivity contribution in [3.63, 3.8) is 0 Å². The van der Waals surface area contributed by atoms with Crippen molar-refractivity contribution in [2.24, 2.45) is 0 Å². The second kappa shape index (κ2) is 6.67. The van der Waals surface area contributed by atoms with Crippen LogP contribution in [0.2, 0.25) is 0 Å². The fourth-order valence-corrected chi connectivity index (χ4v) is 2.92. The van der Waals surface area contributed by atoms with Crippen molar-refractivity contribution in [3.05, 3.63) is 59.9 Å². The first-order valence-electron chi connectivity index (χ1n) is 6.59. The molecule has 2 rings (SSSR count). The van der Waals surface area contributed by atoms with E-state index in [4.69, 9.17) is 0 Å². The number of halogens is 1. The van der Waals surface area contributed by atoms with E-state index in [1.807, 2.05) is 0 Å². The Balaban J connectivity index is 2.26. The number of hydrogen-bond acceptors (Lipinski definition) is 3. The molecule has 0 heterocycles. The molecule has 2 N–H and O–H groups in total. The third kappa shape index (κ3) is 3.69. The van der Waals surface area contributed by atoms with Gasteiger partial charge in [0, 0.05) is 12.1 Å². The third-order valence-electron chi connectivity index (χ3n) is 2.86. The Kier molecular flexibility index (Phi) is 4.89. The number of nitrogens with one attached hydrogen (secondary N) is 2. The van der Waals surface area contributed by atoms with E-state index in [2.05, 4.69) is 10.0 Å². The van der Waals surface area contributed by atoms with E-state index in [-0.39, 0.29) is 22.7 Å². The van der Waals surface area contributed by atoms with Crippen molar-refractivity contribution in [3.8, 4) is 0 Å². The maximum atomic E-state index is 13.5. The van der Waals surface area contributed by atoms with Crippen LogP contribution in [-0.4, -0.2) is 20.9 Å². The normalized spacial score (nSPS) is 11.2. The number of hydrogen-bond donors (Lipinski definition) is 2. The van der Waals surface area contributed by atoms with E-state index in [0.29, 0.717) is 0 Å². The molecule has 0 atom stereocenters. The number of carbonyl (C=O) groups is 1. The summed E-state index contributed by atoms with van der Waals surface area (Å²) in [6.07, 6.45) is 0. The number of rotatable bonds is 5. The summed E-state index contributed by atoms with van der Waals surface area (Å²) in [5, 5.41) is 2.41. The number of anilines is 1. The molecule has 0 fully saturated rings. The summed E-state index contributed by atoms with van der Waals surface area (Å²) in [7, 11) is -3.65. The zero-order valence-electron chi connectivity index (χ0n) is 11.8. The van der Waals surface area contributed by atoms with E-state index < -0.39 is 21.7 Å². The minimum absolute atomic E-state index is 0.0180. The molecule has 0 radical (unpaired) electrons. The maximum Gasteiger partial charge on any atom is 0.255 e. The molecule has 0 spiro atoms. The van der Waals surface area contributed by atoms with Gasteiger partial charge in [0.15, 0.2) is 0 Å². The van der Waals surface area contributed by atoms with E-state index in [1.165, 1.54) is 42.5 Å². The first kappa shape index (κ1) is 16.1. The van der Waals surface area contributed by atoms with Gasteiger partial charge in [-0.05, 0) is 30.3 Å². The van der Waals surface area contributed by atoms with Crippen molar-refractivity contribution in [1.82, 2.24) is 4.72 Å². The van der Waals surface area contributed by atoms with Gasteiger partial charge in [0.05, 0.1) is 10.6 Å². The minimum Gasteiger partial charge on any atom is -0.319 e. The van der Waals surface area contributed by atoms with Crippen LogP contribution >= 0.6 is 0 Å². The lowest BCUT2D eigenvalue weighted by molar-refractivity contribution is 0.102. The molecular weight excluding hydrogens is 307 g/mol. The Labute approximate surface area is 128 Å². The van der Waals surface area contributed by atoms with Crippen LogP contribution in [0.1, 0.15) is 17.3 Å². The Morgan fingerprint density at radius 2 is 1.86 bits per heavy atom. The first-order chi connectivity index (χ1) is 10.4. The molecule has 2 aromatic rings. The van der Waals surface area contributed by atoms with Crippen LogP contribution in [0.5, 0.6) is 0 Å². The smallest absolute Gasteiger partial charge is 0.255 e. The number of amides is 1. The summed E-state index contributed by atoms with van der Waals surface area (Å²) in [5.74, 6) is -1.15. The minimum atomic E-state index is -3.65. The Bertz CT molecular complexity index is 791. The summed E-state index contributed by atoms with van der Waals surface area (Å²) in [5.41, 5.74) is 0.162. The zero-order chi connectivity index (χ0) is 16.2. The standard InChI is InChI=1S/C15H15FN2O3S/c1-2-17-22(20,21)12-7-5-6-11(10-12)15(19)18-14-9-4-3-8-13(14)16/h3-10,17H,2H2,1H3,(H,18,19). The Morgan fingerprint density at radius 3 is 2.55 bits per heavy atom. The summed E-state index contributed by atoms with van der Waals surface area (Å²) in [4.78, 5) is 12.1. The highest BCUT2D eigenvalue weighted by atomic mass is 32.2. The van der Waals surface area contributed by atoms with E-state index >= 15 is 0 Å². The molecule has 0 aliphatic rings. The predicted molar refractivity (Wildman–Crippen MR) is 81.7 cm³/mol. The van der Waals surface area contributed by atoms with Gasteiger partial charge in [0.1, 0.15) is 5.82 Å². The van der Waals surface area contributed by atoms with Gasteiger partial charge in [0.2, 0.25) is 10.0 Å². The van der Waals surface area contributed by atoms with Crippen LogP contribution in [0, 0.1) is 5.82 Å². The van der Waals surface area contributed by atoms with Gasteiger partial charge < -0.3 is 5.32 Å². The molecule has 5 nitrogen and oxygen atoms in total. The number of para-hydroxylation sites is 1. The Morgan fingerprint density at radius 1 is 1.14 bits per heavy atom. The van der Waals surface area contributed by atoms with Gasteiger partial charge >= 0.3 is 0 Å². The van der Waals surface area contributed by atoms with Crippen molar-refractivity contribution >= 4 is 21.6 Å². The maximum absolute atomic E-state index is 13.5. The third-order valence-corrected chi connectivity index (χ3v) is 4.41. The van der Waals surface area contributed by atoms with Crippen molar-refractivity contribution in [2.45, 2.75) is 11.8 Å². The van der Waals surface area contributed by atoms with Gasteiger partial charge in [-0.3, -0.25) is 4.79 Å². The quantitative estimate of drug-likeness (QED) is 0.887. The van der Waals surface area contributed by atoms with E-state index in [0.717, 1.165) is 0 Å². The SMILES string of the molecule is CCNS(=O)(=O)c1cccc(C(=O)Nc2ccccc2F)c1. The second-order valence-corrected chi connectivity index (χ2v) is 6.23.